The summed E-state index contributed by atoms with van der Waals surface area (Å²) in [6, 6.07) is 0.767. The number of rotatable bonds is 5. The van der Waals surface area contributed by atoms with E-state index < -0.39 is 0 Å². The molecule has 6 heteroatoms. The van der Waals surface area contributed by atoms with Gasteiger partial charge in [0.2, 0.25) is 0 Å². The van der Waals surface area contributed by atoms with Crippen LogP contribution in [0.2, 0.25) is 0 Å². The number of aromatic nitrogens is 2. The molecule has 0 aromatic carbocycles. The smallest absolute Gasteiger partial charge is 0.322 e. The molecule has 1 aromatic heterocycles. The Bertz CT molecular complexity index is 547. The summed E-state index contributed by atoms with van der Waals surface area (Å²) in [5, 5.41) is 7.61. The highest BCUT2D eigenvalue weighted by atomic mass is 16.2. The third-order valence-electron chi connectivity index (χ3n) is 4.83. The van der Waals surface area contributed by atoms with Crippen LogP contribution in [-0.2, 0) is 0 Å². The largest absolute Gasteiger partial charge is 0.323 e. The van der Waals surface area contributed by atoms with E-state index in [1.807, 2.05) is 23.4 Å². The number of carbonyl (C=O) groups is 1. The molecule has 1 aliphatic heterocycles. The standard InChI is InChI=1S/C17H31N5O/c1-7-20(8-2)15-9-10-21(11-15)17(23)18-16-13(5)19-22(12(3)4)14(16)6/h12,15H,7-11H2,1-6H3,(H,18,23)/t15-/m0/s1. The van der Waals surface area contributed by atoms with Crippen LogP contribution in [0.4, 0.5) is 10.5 Å². The Morgan fingerprint density at radius 3 is 2.52 bits per heavy atom. The third-order valence-corrected chi connectivity index (χ3v) is 4.83. The second-order valence-corrected chi connectivity index (χ2v) is 6.62. The molecule has 1 aliphatic rings. The Kier molecular flexibility index (Phi) is 5.68. The van der Waals surface area contributed by atoms with E-state index in [2.05, 4.69) is 43.0 Å². The third kappa shape index (κ3) is 3.68. The zero-order valence-electron chi connectivity index (χ0n) is 15.4. The van der Waals surface area contributed by atoms with Crippen molar-refractivity contribution in [1.29, 1.82) is 0 Å². The number of nitrogens with zero attached hydrogens (tertiary/aromatic N) is 4. The van der Waals surface area contributed by atoms with E-state index in [0.717, 1.165) is 49.7 Å². The topological polar surface area (TPSA) is 53.4 Å². The average molecular weight is 321 g/mol. The first-order valence-corrected chi connectivity index (χ1v) is 8.74. The minimum absolute atomic E-state index is 0.00541. The van der Waals surface area contributed by atoms with Crippen LogP contribution in [0, 0.1) is 13.8 Å². The number of nitrogens with one attached hydrogen (secondary N) is 1. The maximum atomic E-state index is 12.6. The number of anilines is 1. The number of hydrogen-bond acceptors (Lipinski definition) is 3. The molecule has 2 amide bonds. The van der Waals surface area contributed by atoms with E-state index in [9.17, 15) is 4.79 Å². The highest BCUT2D eigenvalue weighted by Crippen LogP contribution is 2.24. The Morgan fingerprint density at radius 1 is 1.35 bits per heavy atom. The second kappa shape index (κ2) is 7.34. The molecule has 0 radical (unpaired) electrons. The number of amides is 2. The zero-order valence-corrected chi connectivity index (χ0v) is 15.4. The van der Waals surface area contributed by atoms with Crippen molar-refractivity contribution < 1.29 is 4.79 Å². The predicted octanol–water partition coefficient (Wildman–Crippen LogP) is 3.03. The van der Waals surface area contributed by atoms with E-state index in [-0.39, 0.29) is 12.1 Å². The van der Waals surface area contributed by atoms with Crippen molar-refractivity contribution in [1.82, 2.24) is 19.6 Å². The number of urea groups is 1. The zero-order chi connectivity index (χ0) is 17.1. The summed E-state index contributed by atoms with van der Waals surface area (Å²) in [6.07, 6.45) is 1.05. The molecule has 0 bridgehead atoms. The first-order valence-electron chi connectivity index (χ1n) is 8.74. The summed E-state index contributed by atoms with van der Waals surface area (Å²) in [6.45, 7) is 16.2. The molecule has 0 aliphatic carbocycles. The molecule has 0 unspecified atom stereocenters. The Balaban J connectivity index is 2.04. The van der Waals surface area contributed by atoms with Gasteiger partial charge in [0.1, 0.15) is 0 Å². The van der Waals surface area contributed by atoms with Crippen LogP contribution >= 0.6 is 0 Å². The van der Waals surface area contributed by atoms with E-state index in [1.165, 1.54) is 0 Å². The van der Waals surface area contributed by atoms with Gasteiger partial charge in [0.15, 0.2) is 0 Å². The molecular formula is C17H31N5O. The predicted molar refractivity (Wildman–Crippen MR) is 94.0 cm³/mol. The van der Waals surface area contributed by atoms with Gasteiger partial charge < -0.3 is 10.2 Å². The van der Waals surface area contributed by atoms with Gasteiger partial charge in [-0.3, -0.25) is 9.58 Å². The molecule has 23 heavy (non-hydrogen) atoms. The van der Waals surface area contributed by atoms with Crippen LogP contribution in [-0.4, -0.2) is 57.8 Å². The van der Waals surface area contributed by atoms with Crippen molar-refractivity contribution in [3.05, 3.63) is 11.4 Å². The summed E-state index contributed by atoms with van der Waals surface area (Å²) in [7, 11) is 0. The number of aryl methyl sites for hydroxylation is 1. The van der Waals surface area contributed by atoms with E-state index in [1.54, 1.807) is 0 Å². The molecule has 0 saturated carbocycles. The molecule has 1 saturated heterocycles. The van der Waals surface area contributed by atoms with Crippen LogP contribution in [0.25, 0.3) is 0 Å². The fraction of sp³-hybridized carbons (Fsp3) is 0.765. The SMILES string of the molecule is CCN(CC)[C@H]1CCN(C(=O)Nc2c(C)nn(C(C)C)c2C)C1. The Hall–Kier alpha value is -1.56. The lowest BCUT2D eigenvalue weighted by Crippen LogP contribution is -2.40. The first-order chi connectivity index (χ1) is 10.9. The second-order valence-electron chi connectivity index (χ2n) is 6.62. The molecule has 2 heterocycles. The van der Waals surface area contributed by atoms with Crippen molar-refractivity contribution in [2.24, 2.45) is 0 Å². The van der Waals surface area contributed by atoms with Crippen LogP contribution in [0.3, 0.4) is 0 Å². The van der Waals surface area contributed by atoms with Gasteiger partial charge in [-0.1, -0.05) is 13.8 Å². The van der Waals surface area contributed by atoms with Gasteiger partial charge >= 0.3 is 6.03 Å². The lowest BCUT2D eigenvalue weighted by atomic mass is 10.2. The van der Waals surface area contributed by atoms with Crippen LogP contribution < -0.4 is 5.32 Å². The molecule has 1 atom stereocenters. The van der Waals surface area contributed by atoms with Gasteiger partial charge in [-0.15, -0.1) is 0 Å². The molecular weight excluding hydrogens is 290 g/mol. The van der Waals surface area contributed by atoms with Crippen molar-refractivity contribution in [2.45, 2.75) is 60.0 Å². The minimum atomic E-state index is -0.00541. The van der Waals surface area contributed by atoms with Crippen LogP contribution in [0.1, 0.15) is 51.5 Å². The average Bonchev–Trinajstić information content (AvgIpc) is 3.09. The van der Waals surface area contributed by atoms with Gasteiger partial charge in [-0.2, -0.15) is 5.10 Å². The molecule has 1 fully saturated rings. The van der Waals surface area contributed by atoms with E-state index in [4.69, 9.17) is 0 Å². The van der Waals surface area contributed by atoms with Crippen molar-refractivity contribution >= 4 is 11.7 Å². The quantitative estimate of drug-likeness (QED) is 0.907. The number of likely N-dealkylation sites (tertiary alicyclic amines) is 1. The summed E-state index contributed by atoms with van der Waals surface area (Å²) < 4.78 is 1.97. The fourth-order valence-corrected chi connectivity index (χ4v) is 3.50. The molecule has 6 nitrogen and oxygen atoms in total. The molecule has 130 valence electrons. The lowest BCUT2D eigenvalue weighted by molar-refractivity contribution is 0.202. The highest BCUT2D eigenvalue weighted by molar-refractivity contribution is 5.90. The lowest BCUT2D eigenvalue weighted by Gasteiger charge is -2.26. The number of likely N-dealkylation sites (N-methyl/N-ethyl adjacent to an activating group) is 1. The summed E-state index contributed by atoms with van der Waals surface area (Å²) in [5.41, 5.74) is 2.75. The van der Waals surface area contributed by atoms with Crippen molar-refractivity contribution in [3.8, 4) is 0 Å². The normalized spacial score (nSPS) is 18.3. The van der Waals surface area contributed by atoms with Crippen LogP contribution in [0.5, 0.6) is 0 Å². The van der Waals surface area contributed by atoms with Gasteiger partial charge in [0, 0.05) is 25.2 Å². The number of carbonyl (C=O) groups excluding carboxylic acids is 1. The van der Waals surface area contributed by atoms with E-state index in [0.29, 0.717) is 6.04 Å². The molecule has 2 rings (SSSR count). The Morgan fingerprint density at radius 2 is 2.00 bits per heavy atom. The summed E-state index contributed by atoms with van der Waals surface area (Å²) >= 11 is 0. The Labute approximate surface area is 139 Å². The van der Waals surface area contributed by atoms with Crippen molar-refractivity contribution in [2.75, 3.05) is 31.5 Å². The fourth-order valence-electron chi connectivity index (χ4n) is 3.50. The summed E-state index contributed by atoms with van der Waals surface area (Å²) in [4.78, 5) is 17.0. The van der Waals surface area contributed by atoms with Gasteiger partial charge in [0.05, 0.1) is 17.1 Å². The van der Waals surface area contributed by atoms with Gasteiger partial charge in [-0.25, -0.2) is 4.79 Å². The molecule has 0 spiro atoms. The summed E-state index contributed by atoms with van der Waals surface area (Å²) in [5.74, 6) is 0. The highest BCUT2D eigenvalue weighted by Gasteiger charge is 2.30. The van der Waals surface area contributed by atoms with Crippen molar-refractivity contribution in [3.63, 3.8) is 0 Å². The number of hydrogen-bond donors (Lipinski definition) is 1. The monoisotopic (exact) mass is 321 g/mol. The maximum absolute atomic E-state index is 12.6. The van der Waals surface area contributed by atoms with E-state index >= 15 is 0 Å². The molecule has 1 aromatic rings. The first kappa shape index (κ1) is 17.8. The maximum Gasteiger partial charge on any atom is 0.322 e. The minimum Gasteiger partial charge on any atom is -0.323 e. The van der Waals surface area contributed by atoms with Gasteiger partial charge in [0.25, 0.3) is 0 Å². The molecule has 1 N–H and O–H groups in total. The van der Waals surface area contributed by atoms with Crippen LogP contribution in [0.15, 0.2) is 0 Å². The van der Waals surface area contributed by atoms with Gasteiger partial charge in [-0.05, 0) is 47.2 Å².